The summed E-state index contributed by atoms with van der Waals surface area (Å²) in [5, 5.41) is 9.72. The van der Waals surface area contributed by atoms with Crippen molar-refractivity contribution >= 4 is 11.9 Å². The van der Waals surface area contributed by atoms with Crippen molar-refractivity contribution in [1.82, 2.24) is 0 Å². The molecule has 1 aromatic heterocycles. The summed E-state index contributed by atoms with van der Waals surface area (Å²) in [5.41, 5.74) is 2.83. The zero-order chi connectivity index (χ0) is 19.3. The Hall–Kier alpha value is -2.89. The molecule has 6 nitrogen and oxygen atoms in total. The van der Waals surface area contributed by atoms with E-state index in [1.54, 1.807) is 19.1 Å². The van der Waals surface area contributed by atoms with Crippen LogP contribution in [0.15, 0.2) is 40.8 Å². The third kappa shape index (κ3) is 4.81. The molecule has 26 heavy (non-hydrogen) atoms. The van der Waals surface area contributed by atoms with Crippen molar-refractivity contribution in [3.05, 3.63) is 74.7 Å². The Kier molecular flexibility index (Phi) is 6.33. The van der Waals surface area contributed by atoms with Crippen molar-refractivity contribution in [1.29, 1.82) is 0 Å². The number of nitrogens with zero attached hydrogens (tertiary/aromatic N) is 1. The number of benzene rings is 1. The zero-order valence-corrected chi connectivity index (χ0v) is 15.4. The second-order valence-electron chi connectivity index (χ2n) is 6.46. The number of furan rings is 1. The van der Waals surface area contributed by atoms with Crippen LogP contribution in [0.3, 0.4) is 0 Å². The summed E-state index contributed by atoms with van der Waals surface area (Å²) in [6, 6.07) is 9.40. The van der Waals surface area contributed by atoms with Crippen molar-refractivity contribution in [2.75, 3.05) is 6.61 Å². The molecule has 6 heteroatoms. The van der Waals surface area contributed by atoms with Gasteiger partial charge in [0.25, 0.3) is 5.09 Å². The van der Waals surface area contributed by atoms with E-state index in [0.29, 0.717) is 5.76 Å². The van der Waals surface area contributed by atoms with Crippen LogP contribution in [0.4, 0.5) is 0 Å². The van der Waals surface area contributed by atoms with Gasteiger partial charge in [-0.15, -0.1) is 10.1 Å². The molecule has 0 aliphatic heterocycles. The van der Waals surface area contributed by atoms with Gasteiger partial charge in [0.05, 0.1) is 5.92 Å². The number of allylic oxidation sites excluding steroid dienone is 1. The van der Waals surface area contributed by atoms with E-state index >= 15 is 0 Å². The molecule has 2 rings (SSSR count). The summed E-state index contributed by atoms with van der Waals surface area (Å²) in [5.74, 6) is 0.302. The van der Waals surface area contributed by atoms with Crippen molar-refractivity contribution in [2.24, 2.45) is 5.92 Å². The number of aryl methyl sites for hydroxylation is 3. The molecule has 0 N–H and O–H groups in total. The van der Waals surface area contributed by atoms with Crippen LogP contribution in [0, 0.1) is 36.8 Å². The van der Waals surface area contributed by atoms with Crippen LogP contribution in [-0.4, -0.2) is 17.5 Å². The third-order valence-corrected chi connectivity index (χ3v) is 4.34. The minimum Gasteiger partial charge on any atom is -0.462 e. The van der Waals surface area contributed by atoms with Gasteiger partial charge in [-0.05, 0) is 67.7 Å². The fourth-order valence-corrected chi connectivity index (χ4v) is 3.11. The molecule has 0 fully saturated rings. The number of rotatable bonds is 8. The summed E-state index contributed by atoms with van der Waals surface area (Å²) >= 11 is 0. The van der Waals surface area contributed by atoms with Gasteiger partial charge in [-0.1, -0.05) is 25.1 Å². The number of carbonyl (C=O) groups is 1. The normalized spacial score (nSPS) is 13.5. The van der Waals surface area contributed by atoms with Crippen molar-refractivity contribution < 1.29 is 19.1 Å². The standard InChI is InChI=1S/C20H23NO5/c1-13-6-5-7-14(2)19(13)20(15(3)12-25-21(23)24)18(22)11-10-17-9-8-16(4)26-17/h5-11,15,20H,12H2,1-4H3/b11-10+. The predicted molar refractivity (Wildman–Crippen MR) is 98.3 cm³/mol. The quantitative estimate of drug-likeness (QED) is 0.397. The van der Waals surface area contributed by atoms with Gasteiger partial charge in [0.2, 0.25) is 0 Å². The zero-order valence-electron chi connectivity index (χ0n) is 15.4. The Balaban J connectivity index is 2.34. The summed E-state index contributed by atoms with van der Waals surface area (Å²) < 4.78 is 5.45. The van der Waals surface area contributed by atoms with Gasteiger partial charge in [-0.3, -0.25) is 4.79 Å². The Morgan fingerprint density at radius 2 is 1.88 bits per heavy atom. The molecule has 0 radical (unpaired) electrons. The van der Waals surface area contributed by atoms with Gasteiger partial charge < -0.3 is 9.25 Å². The highest BCUT2D eigenvalue weighted by molar-refractivity contribution is 5.99. The maximum Gasteiger partial charge on any atom is 0.294 e. The van der Waals surface area contributed by atoms with Crippen LogP contribution >= 0.6 is 0 Å². The largest absolute Gasteiger partial charge is 0.462 e. The van der Waals surface area contributed by atoms with E-state index in [0.717, 1.165) is 22.5 Å². The number of hydrogen-bond donors (Lipinski definition) is 0. The second-order valence-corrected chi connectivity index (χ2v) is 6.46. The molecule has 0 spiro atoms. The fraction of sp³-hybridized carbons (Fsp3) is 0.350. The van der Waals surface area contributed by atoms with E-state index in [1.807, 2.05) is 45.0 Å². The Morgan fingerprint density at radius 3 is 2.42 bits per heavy atom. The predicted octanol–water partition coefficient (Wildman–Crippen LogP) is 4.42. The van der Waals surface area contributed by atoms with Crippen LogP contribution in [0.2, 0.25) is 0 Å². The molecule has 1 heterocycles. The molecule has 0 aliphatic carbocycles. The highest BCUT2D eigenvalue weighted by Gasteiger charge is 2.28. The molecule has 2 unspecified atom stereocenters. The summed E-state index contributed by atoms with van der Waals surface area (Å²) in [7, 11) is 0. The molecule has 0 bridgehead atoms. The van der Waals surface area contributed by atoms with E-state index in [-0.39, 0.29) is 18.3 Å². The van der Waals surface area contributed by atoms with E-state index in [4.69, 9.17) is 4.42 Å². The molecule has 2 aromatic rings. The molecule has 0 saturated heterocycles. The lowest BCUT2D eigenvalue weighted by molar-refractivity contribution is -0.759. The van der Waals surface area contributed by atoms with E-state index in [2.05, 4.69) is 4.84 Å². The molecule has 0 saturated carbocycles. The third-order valence-electron chi connectivity index (χ3n) is 4.34. The van der Waals surface area contributed by atoms with Gasteiger partial charge in [0, 0.05) is 0 Å². The maximum atomic E-state index is 13.0. The lowest BCUT2D eigenvalue weighted by Gasteiger charge is -2.24. The Morgan fingerprint density at radius 1 is 1.23 bits per heavy atom. The van der Waals surface area contributed by atoms with Crippen LogP contribution in [0.25, 0.3) is 6.08 Å². The van der Waals surface area contributed by atoms with Crippen molar-refractivity contribution in [3.63, 3.8) is 0 Å². The first kappa shape index (κ1) is 19.4. The topological polar surface area (TPSA) is 82.6 Å². The first-order chi connectivity index (χ1) is 12.3. The molecule has 1 aromatic carbocycles. The Labute approximate surface area is 152 Å². The monoisotopic (exact) mass is 357 g/mol. The molecule has 0 aliphatic rings. The van der Waals surface area contributed by atoms with Crippen LogP contribution < -0.4 is 0 Å². The van der Waals surface area contributed by atoms with Gasteiger partial charge in [0.15, 0.2) is 5.78 Å². The van der Waals surface area contributed by atoms with Gasteiger partial charge in [-0.25, -0.2) is 0 Å². The van der Waals surface area contributed by atoms with Gasteiger partial charge >= 0.3 is 0 Å². The van der Waals surface area contributed by atoms with Crippen molar-refractivity contribution in [3.8, 4) is 0 Å². The van der Waals surface area contributed by atoms with E-state index in [1.165, 1.54) is 6.08 Å². The minimum absolute atomic E-state index is 0.143. The number of carbonyl (C=O) groups excluding carboxylic acids is 1. The first-order valence-corrected chi connectivity index (χ1v) is 8.41. The second kappa shape index (κ2) is 8.47. The highest BCUT2D eigenvalue weighted by atomic mass is 16.9. The smallest absolute Gasteiger partial charge is 0.294 e. The minimum atomic E-state index is -0.829. The highest BCUT2D eigenvalue weighted by Crippen LogP contribution is 2.32. The van der Waals surface area contributed by atoms with Gasteiger partial charge in [0.1, 0.15) is 18.1 Å². The summed E-state index contributed by atoms with van der Waals surface area (Å²) in [6.45, 7) is 7.33. The lowest BCUT2D eigenvalue weighted by Crippen LogP contribution is -2.25. The van der Waals surface area contributed by atoms with E-state index < -0.39 is 11.0 Å². The first-order valence-electron chi connectivity index (χ1n) is 8.41. The average Bonchev–Trinajstić information content (AvgIpc) is 2.99. The van der Waals surface area contributed by atoms with Crippen LogP contribution in [0.1, 0.15) is 41.1 Å². The van der Waals surface area contributed by atoms with Crippen LogP contribution in [-0.2, 0) is 9.63 Å². The molecule has 138 valence electrons. The van der Waals surface area contributed by atoms with E-state index in [9.17, 15) is 14.9 Å². The Bertz CT molecular complexity index is 801. The summed E-state index contributed by atoms with van der Waals surface area (Å²) in [4.78, 5) is 28.0. The molecule has 0 amide bonds. The lowest BCUT2D eigenvalue weighted by atomic mass is 9.80. The van der Waals surface area contributed by atoms with Gasteiger partial charge in [-0.2, -0.15) is 0 Å². The average molecular weight is 357 g/mol. The molecular formula is C20H23NO5. The van der Waals surface area contributed by atoms with Crippen molar-refractivity contribution in [2.45, 2.75) is 33.6 Å². The summed E-state index contributed by atoms with van der Waals surface area (Å²) in [6.07, 6.45) is 3.09. The SMILES string of the molecule is Cc1ccc(/C=C/C(=O)C(c2c(C)cccc2C)C(C)CO[N+](=O)[O-])o1. The number of ketones is 1. The maximum absolute atomic E-state index is 13.0. The van der Waals surface area contributed by atoms with Crippen LogP contribution in [0.5, 0.6) is 0 Å². The fourth-order valence-electron chi connectivity index (χ4n) is 3.11. The number of hydrogen-bond acceptors (Lipinski definition) is 5. The molecule has 2 atom stereocenters. The molecular weight excluding hydrogens is 334 g/mol.